The molecule has 0 radical (unpaired) electrons. The number of esters is 1. The highest BCUT2D eigenvalue weighted by Gasteiger charge is 2.35. The van der Waals surface area contributed by atoms with Crippen molar-refractivity contribution in [3.05, 3.63) is 40.3 Å². The summed E-state index contributed by atoms with van der Waals surface area (Å²) >= 11 is 0. The van der Waals surface area contributed by atoms with E-state index in [0.29, 0.717) is 23.7 Å². The van der Waals surface area contributed by atoms with Crippen LogP contribution in [0.5, 0.6) is 0 Å². The molecule has 0 N–H and O–H groups in total. The number of benzene rings is 1. The number of likely N-dealkylation sites (N-methyl/N-ethyl adjacent to an activating group) is 1. The third kappa shape index (κ3) is 5.17. The molecule has 1 aromatic heterocycles. The number of aryl methyl sites for hydroxylation is 1. The monoisotopic (exact) mass is 463 g/mol. The van der Waals surface area contributed by atoms with Crippen LogP contribution < -0.4 is 5.56 Å². The lowest BCUT2D eigenvalue weighted by Gasteiger charge is -2.26. The van der Waals surface area contributed by atoms with Gasteiger partial charge in [-0.25, -0.2) is 17.9 Å². The summed E-state index contributed by atoms with van der Waals surface area (Å²) in [7, 11) is -1.64. The van der Waals surface area contributed by atoms with E-state index in [-0.39, 0.29) is 22.8 Å². The normalized spacial score (nSPS) is 18.4. The van der Waals surface area contributed by atoms with E-state index in [2.05, 4.69) is 12.0 Å². The first-order valence-corrected chi connectivity index (χ1v) is 12.6. The number of hydrogen-bond donors (Lipinski definition) is 0. The Kier molecular flexibility index (Phi) is 7.33. The molecule has 3 rings (SSSR count). The lowest BCUT2D eigenvalue weighted by molar-refractivity contribution is -0.140. The van der Waals surface area contributed by atoms with E-state index >= 15 is 0 Å². The number of hydrogen-bond acceptors (Lipinski definition) is 7. The summed E-state index contributed by atoms with van der Waals surface area (Å²) in [6, 6.07) is 6.23. The van der Waals surface area contributed by atoms with E-state index < -0.39 is 33.9 Å². The van der Waals surface area contributed by atoms with Crippen molar-refractivity contribution in [3.8, 4) is 0 Å². The molecule has 1 fully saturated rings. The quantitative estimate of drug-likeness (QED) is 0.433. The molecule has 1 aromatic carbocycles. The van der Waals surface area contributed by atoms with E-state index in [1.807, 2.05) is 0 Å². The highest BCUT2D eigenvalue weighted by Crippen LogP contribution is 2.19. The van der Waals surface area contributed by atoms with Crippen molar-refractivity contribution in [3.63, 3.8) is 0 Å². The number of rotatable bonds is 8. The molecule has 1 amide bonds. The van der Waals surface area contributed by atoms with Gasteiger partial charge < -0.3 is 9.64 Å². The molecule has 0 unspecified atom stereocenters. The van der Waals surface area contributed by atoms with Gasteiger partial charge in [0.25, 0.3) is 11.5 Å². The Bertz CT molecular complexity index is 1170. The van der Waals surface area contributed by atoms with Crippen LogP contribution in [-0.2, 0) is 25.9 Å². The Labute approximate surface area is 187 Å². The zero-order valence-corrected chi connectivity index (χ0v) is 19.4. The minimum atomic E-state index is -3.15. The standard InChI is InChI=1S/C22H29N3O6S/c1-4-5-8-12-25-21(27)18-10-7-6-9-17(18)19(23-25)22(28)31-15(2)20(26)24(3)16-11-13-32(29,30)14-16/h6-7,9-10,15-16H,4-5,8,11-14H2,1-3H3/t15-,16+/m1/s1. The Hall–Kier alpha value is -2.75. The molecule has 1 saturated heterocycles. The lowest BCUT2D eigenvalue weighted by atomic mass is 10.1. The maximum absolute atomic E-state index is 12.9. The van der Waals surface area contributed by atoms with Crippen molar-refractivity contribution in [1.29, 1.82) is 0 Å². The van der Waals surface area contributed by atoms with Crippen molar-refractivity contribution in [1.82, 2.24) is 14.7 Å². The number of aromatic nitrogens is 2. The Morgan fingerprint density at radius 3 is 2.56 bits per heavy atom. The minimum absolute atomic E-state index is 0.0255. The first-order valence-electron chi connectivity index (χ1n) is 10.8. The fourth-order valence-electron chi connectivity index (χ4n) is 3.86. The Morgan fingerprint density at radius 2 is 1.94 bits per heavy atom. The van der Waals surface area contributed by atoms with Crippen molar-refractivity contribution < 1.29 is 22.7 Å². The number of nitrogens with zero attached hydrogens (tertiary/aromatic N) is 3. The van der Waals surface area contributed by atoms with E-state index in [9.17, 15) is 22.8 Å². The van der Waals surface area contributed by atoms with Crippen molar-refractivity contribution in [2.24, 2.45) is 0 Å². The van der Waals surface area contributed by atoms with Crippen LogP contribution in [0.25, 0.3) is 10.8 Å². The fraction of sp³-hybridized carbons (Fsp3) is 0.545. The summed E-state index contributed by atoms with van der Waals surface area (Å²) in [6.45, 7) is 3.88. The number of ether oxygens (including phenoxy) is 1. The fourth-order valence-corrected chi connectivity index (χ4v) is 5.64. The van der Waals surface area contributed by atoms with Gasteiger partial charge in [0, 0.05) is 25.0 Å². The molecule has 2 atom stereocenters. The molecule has 0 saturated carbocycles. The van der Waals surface area contributed by atoms with Gasteiger partial charge in [0.1, 0.15) is 0 Å². The minimum Gasteiger partial charge on any atom is -0.448 e. The van der Waals surface area contributed by atoms with Crippen molar-refractivity contribution in [2.45, 2.75) is 58.2 Å². The summed E-state index contributed by atoms with van der Waals surface area (Å²) in [5.41, 5.74) is -0.304. The topological polar surface area (TPSA) is 116 Å². The third-order valence-corrected chi connectivity index (χ3v) is 7.52. The van der Waals surface area contributed by atoms with Crippen molar-refractivity contribution in [2.75, 3.05) is 18.6 Å². The number of carbonyl (C=O) groups is 2. The molecule has 0 bridgehead atoms. The molecule has 2 aromatic rings. The Balaban J connectivity index is 1.82. The van der Waals surface area contributed by atoms with Crippen LogP contribution in [0.3, 0.4) is 0 Å². The van der Waals surface area contributed by atoms with Crippen molar-refractivity contribution >= 4 is 32.5 Å². The summed E-state index contributed by atoms with van der Waals surface area (Å²) in [5, 5.41) is 4.98. The summed E-state index contributed by atoms with van der Waals surface area (Å²) in [5.74, 6) is -1.34. The zero-order chi connectivity index (χ0) is 23.5. The second kappa shape index (κ2) is 9.81. The molecule has 9 nitrogen and oxygen atoms in total. The zero-order valence-electron chi connectivity index (χ0n) is 18.6. The lowest BCUT2D eigenvalue weighted by Crippen LogP contribution is -2.44. The average molecular weight is 464 g/mol. The molecule has 10 heteroatoms. The summed E-state index contributed by atoms with van der Waals surface area (Å²) < 4.78 is 30.1. The van der Waals surface area contributed by atoms with E-state index in [4.69, 9.17) is 4.74 Å². The van der Waals surface area contributed by atoms with Gasteiger partial charge >= 0.3 is 5.97 Å². The number of fused-ring (bicyclic) bond motifs is 1. The largest absolute Gasteiger partial charge is 0.448 e. The van der Waals surface area contributed by atoms with Crippen LogP contribution in [0.15, 0.2) is 29.1 Å². The van der Waals surface area contributed by atoms with Crippen LogP contribution in [0, 0.1) is 0 Å². The number of carbonyl (C=O) groups excluding carboxylic acids is 2. The van der Waals surface area contributed by atoms with Crippen LogP contribution in [0.2, 0.25) is 0 Å². The van der Waals surface area contributed by atoms with E-state index in [1.165, 1.54) is 23.6 Å². The number of unbranched alkanes of at least 4 members (excludes halogenated alkanes) is 2. The van der Waals surface area contributed by atoms with Gasteiger partial charge in [0.2, 0.25) is 0 Å². The predicted octanol–water partition coefficient (Wildman–Crippen LogP) is 1.78. The average Bonchev–Trinajstić information content (AvgIpc) is 3.14. The number of sulfone groups is 1. The van der Waals surface area contributed by atoms with E-state index in [0.717, 1.165) is 19.3 Å². The highest BCUT2D eigenvalue weighted by atomic mass is 32.2. The maximum atomic E-state index is 12.9. The van der Waals surface area contributed by atoms with Crippen LogP contribution >= 0.6 is 0 Å². The van der Waals surface area contributed by atoms with Gasteiger partial charge in [0.15, 0.2) is 21.6 Å². The van der Waals surface area contributed by atoms with Crippen LogP contribution in [-0.4, -0.2) is 65.7 Å². The number of amides is 1. The van der Waals surface area contributed by atoms with Gasteiger partial charge in [-0.1, -0.05) is 38.0 Å². The maximum Gasteiger partial charge on any atom is 0.360 e. The third-order valence-electron chi connectivity index (χ3n) is 5.77. The van der Waals surface area contributed by atoms with Gasteiger partial charge in [-0.05, 0) is 25.8 Å². The molecular weight excluding hydrogens is 434 g/mol. The second-order valence-electron chi connectivity index (χ2n) is 8.18. The molecule has 2 heterocycles. The first kappa shape index (κ1) is 23.9. The molecule has 174 valence electrons. The molecule has 0 aliphatic carbocycles. The molecule has 1 aliphatic heterocycles. The smallest absolute Gasteiger partial charge is 0.360 e. The van der Waals surface area contributed by atoms with Gasteiger partial charge in [-0.2, -0.15) is 5.10 Å². The molecule has 32 heavy (non-hydrogen) atoms. The van der Waals surface area contributed by atoms with Gasteiger partial charge in [-0.15, -0.1) is 0 Å². The molecule has 0 spiro atoms. The van der Waals surface area contributed by atoms with E-state index in [1.54, 1.807) is 24.3 Å². The van der Waals surface area contributed by atoms with Crippen LogP contribution in [0.4, 0.5) is 0 Å². The summed E-state index contributed by atoms with van der Waals surface area (Å²) in [4.78, 5) is 39.8. The van der Waals surface area contributed by atoms with Gasteiger partial charge in [-0.3, -0.25) is 9.59 Å². The first-order chi connectivity index (χ1) is 15.1. The Morgan fingerprint density at radius 1 is 1.25 bits per heavy atom. The molecular formula is C22H29N3O6S. The van der Waals surface area contributed by atoms with Crippen LogP contribution in [0.1, 0.15) is 50.0 Å². The van der Waals surface area contributed by atoms with Gasteiger partial charge in [0.05, 0.1) is 16.9 Å². The molecule has 1 aliphatic rings. The SMILES string of the molecule is CCCCCn1nc(C(=O)O[C@H](C)C(=O)N(C)[C@H]2CCS(=O)(=O)C2)c2ccccc2c1=O. The second-order valence-corrected chi connectivity index (χ2v) is 10.4. The summed E-state index contributed by atoms with van der Waals surface area (Å²) in [6.07, 6.45) is 1.89. The highest BCUT2D eigenvalue weighted by molar-refractivity contribution is 7.91. The predicted molar refractivity (Wildman–Crippen MR) is 120 cm³/mol.